The SMILES string of the molecule is C=CC(O)(CC=C[C@H]1C=CC(=O)[C@@H]1CCCCCCC(=O)O)CCCCCC. The Morgan fingerprint density at radius 1 is 1.18 bits per heavy atom. The topological polar surface area (TPSA) is 74.6 Å². The van der Waals surface area contributed by atoms with Crippen LogP contribution in [0.25, 0.3) is 0 Å². The van der Waals surface area contributed by atoms with Crippen LogP contribution in [0.4, 0.5) is 0 Å². The summed E-state index contributed by atoms with van der Waals surface area (Å²) in [6.45, 7) is 5.97. The van der Waals surface area contributed by atoms with E-state index < -0.39 is 11.6 Å². The van der Waals surface area contributed by atoms with Crippen molar-refractivity contribution in [1.82, 2.24) is 0 Å². The summed E-state index contributed by atoms with van der Waals surface area (Å²) in [4.78, 5) is 22.7. The van der Waals surface area contributed by atoms with Gasteiger partial charge in [0.05, 0.1) is 5.60 Å². The van der Waals surface area contributed by atoms with E-state index in [-0.39, 0.29) is 24.0 Å². The molecule has 0 saturated carbocycles. The third-order valence-electron chi connectivity index (χ3n) is 5.64. The van der Waals surface area contributed by atoms with Crippen molar-refractivity contribution in [3.63, 3.8) is 0 Å². The number of aliphatic carboxylic acids is 1. The molecule has 1 aliphatic rings. The van der Waals surface area contributed by atoms with Crippen LogP contribution in [0, 0.1) is 11.8 Å². The number of hydrogen-bond donors (Lipinski definition) is 2. The monoisotopic (exact) mass is 390 g/mol. The number of aliphatic hydroxyl groups is 1. The summed E-state index contributed by atoms with van der Waals surface area (Å²) in [6.07, 6.45) is 19.6. The van der Waals surface area contributed by atoms with Crippen LogP contribution in [-0.2, 0) is 9.59 Å². The van der Waals surface area contributed by atoms with Gasteiger partial charge in [0.25, 0.3) is 0 Å². The Morgan fingerprint density at radius 2 is 1.89 bits per heavy atom. The first kappa shape index (κ1) is 24.4. The Labute approximate surface area is 170 Å². The van der Waals surface area contributed by atoms with E-state index in [2.05, 4.69) is 19.6 Å². The van der Waals surface area contributed by atoms with Gasteiger partial charge >= 0.3 is 5.97 Å². The molecule has 0 fully saturated rings. The zero-order chi connectivity index (χ0) is 20.8. The summed E-state index contributed by atoms with van der Waals surface area (Å²) in [5.74, 6) is -0.485. The van der Waals surface area contributed by atoms with Crippen LogP contribution >= 0.6 is 0 Å². The highest BCUT2D eigenvalue weighted by Gasteiger charge is 2.28. The Morgan fingerprint density at radius 3 is 2.57 bits per heavy atom. The third-order valence-corrected chi connectivity index (χ3v) is 5.64. The molecule has 3 atom stereocenters. The number of unbranched alkanes of at least 4 members (excludes halogenated alkanes) is 6. The zero-order valence-electron chi connectivity index (χ0n) is 17.4. The molecule has 158 valence electrons. The highest BCUT2D eigenvalue weighted by molar-refractivity contribution is 5.94. The molecule has 0 radical (unpaired) electrons. The minimum Gasteiger partial charge on any atom is -0.481 e. The standard InChI is InChI=1S/C24H38O4/c1-3-5-6-11-18-24(28,4-2)19-12-13-20-16-17-22(25)21(20)14-9-7-8-10-15-23(26)27/h4,12-13,16-17,20-21,28H,2-3,5-11,14-15,18-19H2,1H3,(H,26,27)/t20-,21+,24?/m0/s1. The quantitative estimate of drug-likeness (QED) is 0.265. The van der Waals surface area contributed by atoms with E-state index in [1.54, 1.807) is 12.2 Å². The van der Waals surface area contributed by atoms with Crippen molar-refractivity contribution in [3.05, 3.63) is 37.0 Å². The molecule has 0 saturated heterocycles. The fourth-order valence-electron chi connectivity index (χ4n) is 3.75. The van der Waals surface area contributed by atoms with Gasteiger partial charge in [-0.05, 0) is 31.8 Å². The summed E-state index contributed by atoms with van der Waals surface area (Å²) in [5.41, 5.74) is -0.865. The van der Waals surface area contributed by atoms with E-state index in [9.17, 15) is 14.7 Å². The molecule has 0 spiro atoms. The Bertz CT molecular complexity index is 549. The van der Waals surface area contributed by atoms with Gasteiger partial charge in [-0.3, -0.25) is 9.59 Å². The first-order valence-corrected chi connectivity index (χ1v) is 10.9. The van der Waals surface area contributed by atoms with Crippen molar-refractivity contribution in [1.29, 1.82) is 0 Å². The zero-order valence-corrected chi connectivity index (χ0v) is 17.4. The number of carboxylic acid groups (broad SMARTS) is 1. The van der Waals surface area contributed by atoms with Crippen molar-refractivity contribution in [3.8, 4) is 0 Å². The second kappa shape index (κ2) is 13.5. The van der Waals surface area contributed by atoms with E-state index in [0.29, 0.717) is 12.8 Å². The Balaban J connectivity index is 2.40. The highest BCUT2D eigenvalue weighted by Crippen LogP contribution is 2.30. The molecule has 1 rings (SSSR count). The predicted molar refractivity (Wildman–Crippen MR) is 114 cm³/mol. The molecule has 0 aromatic rings. The normalized spacial score (nSPS) is 21.3. The van der Waals surface area contributed by atoms with Crippen molar-refractivity contribution in [2.45, 2.75) is 89.6 Å². The maximum absolute atomic E-state index is 12.1. The number of carbonyl (C=O) groups excluding carboxylic acids is 1. The van der Waals surface area contributed by atoms with Gasteiger partial charge in [0.1, 0.15) is 0 Å². The van der Waals surface area contributed by atoms with Crippen molar-refractivity contribution < 1.29 is 19.8 Å². The average Bonchev–Trinajstić information content (AvgIpc) is 3.01. The second-order valence-corrected chi connectivity index (χ2v) is 8.04. The third kappa shape index (κ3) is 9.50. The smallest absolute Gasteiger partial charge is 0.303 e. The Kier molecular flexibility index (Phi) is 11.7. The van der Waals surface area contributed by atoms with Crippen molar-refractivity contribution >= 4 is 11.8 Å². The van der Waals surface area contributed by atoms with Gasteiger partial charge in [0, 0.05) is 18.3 Å². The molecule has 0 aliphatic heterocycles. The minimum absolute atomic E-state index is 0.0166. The van der Waals surface area contributed by atoms with Crippen molar-refractivity contribution in [2.24, 2.45) is 11.8 Å². The van der Waals surface area contributed by atoms with Crippen LogP contribution in [0.5, 0.6) is 0 Å². The molecule has 2 N–H and O–H groups in total. The maximum atomic E-state index is 12.1. The van der Waals surface area contributed by atoms with Gasteiger partial charge in [0.15, 0.2) is 5.78 Å². The van der Waals surface area contributed by atoms with Crippen LogP contribution < -0.4 is 0 Å². The molecule has 0 aromatic carbocycles. The van der Waals surface area contributed by atoms with Gasteiger partial charge in [0.2, 0.25) is 0 Å². The summed E-state index contributed by atoms with van der Waals surface area (Å²) in [6, 6.07) is 0. The summed E-state index contributed by atoms with van der Waals surface area (Å²) >= 11 is 0. The number of allylic oxidation sites excluding steroid dienone is 3. The molecule has 0 aromatic heterocycles. The van der Waals surface area contributed by atoms with E-state index in [0.717, 1.165) is 44.9 Å². The number of hydrogen-bond acceptors (Lipinski definition) is 3. The highest BCUT2D eigenvalue weighted by atomic mass is 16.4. The van der Waals surface area contributed by atoms with Crippen LogP contribution in [0.1, 0.15) is 84.0 Å². The Hall–Kier alpha value is -1.68. The molecule has 1 unspecified atom stereocenters. The first-order valence-electron chi connectivity index (χ1n) is 10.9. The predicted octanol–water partition coefficient (Wildman–Crippen LogP) is 5.62. The molecule has 1 aliphatic carbocycles. The molecular formula is C24H38O4. The van der Waals surface area contributed by atoms with Crippen LogP contribution in [-0.4, -0.2) is 27.6 Å². The lowest BCUT2D eigenvalue weighted by Gasteiger charge is -2.23. The molecule has 28 heavy (non-hydrogen) atoms. The van der Waals surface area contributed by atoms with Gasteiger partial charge in [-0.2, -0.15) is 0 Å². The lowest BCUT2D eigenvalue weighted by Crippen LogP contribution is -2.24. The van der Waals surface area contributed by atoms with Crippen LogP contribution in [0.2, 0.25) is 0 Å². The molecule has 0 bridgehead atoms. The van der Waals surface area contributed by atoms with Crippen molar-refractivity contribution in [2.75, 3.05) is 0 Å². The summed E-state index contributed by atoms with van der Waals surface area (Å²) in [5, 5.41) is 19.3. The molecule has 0 heterocycles. The first-order chi connectivity index (χ1) is 13.4. The number of ketones is 1. The maximum Gasteiger partial charge on any atom is 0.303 e. The van der Waals surface area contributed by atoms with E-state index in [1.165, 1.54) is 12.8 Å². The van der Waals surface area contributed by atoms with Gasteiger partial charge in [-0.1, -0.05) is 76.2 Å². The van der Waals surface area contributed by atoms with E-state index in [1.807, 2.05) is 12.2 Å². The molecular weight excluding hydrogens is 352 g/mol. The summed E-state index contributed by atoms with van der Waals surface area (Å²) in [7, 11) is 0. The molecule has 0 amide bonds. The minimum atomic E-state index is -0.865. The lowest BCUT2D eigenvalue weighted by atomic mass is 9.87. The fraction of sp³-hybridized carbons (Fsp3) is 0.667. The second-order valence-electron chi connectivity index (χ2n) is 8.04. The molecule has 4 nitrogen and oxygen atoms in total. The number of rotatable bonds is 16. The average molecular weight is 391 g/mol. The fourth-order valence-corrected chi connectivity index (χ4v) is 3.75. The number of carboxylic acids is 1. The largest absolute Gasteiger partial charge is 0.481 e. The lowest BCUT2D eigenvalue weighted by molar-refractivity contribution is -0.137. The van der Waals surface area contributed by atoms with Crippen LogP contribution in [0.15, 0.2) is 37.0 Å². The van der Waals surface area contributed by atoms with E-state index >= 15 is 0 Å². The number of carbonyl (C=O) groups is 2. The molecule has 4 heteroatoms. The summed E-state index contributed by atoms with van der Waals surface area (Å²) < 4.78 is 0. The van der Waals surface area contributed by atoms with Crippen LogP contribution in [0.3, 0.4) is 0 Å². The van der Waals surface area contributed by atoms with E-state index in [4.69, 9.17) is 5.11 Å². The van der Waals surface area contributed by atoms with Gasteiger partial charge in [-0.15, -0.1) is 6.58 Å². The van der Waals surface area contributed by atoms with Gasteiger partial charge < -0.3 is 10.2 Å². The van der Waals surface area contributed by atoms with Gasteiger partial charge in [-0.25, -0.2) is 0 Å².